The van der Waals surface area contributed by atoms with Gasteiger partial charge in [-0.05, 0) is 54.3 Å². The Hall–Kier alpha value is -1.72. The summed E-state index contributed by atoms with van der Waals surface area (Å²) in [5.41, 5.74) is 4.65. The van der Waals surface area contributed by atoms with Crippen molar-refractivity contribution >= 4 is 21.8 Å². The molecule has 136 valence electrons. The Morgan fingerprint density at radius 1 is 1.23 bits per heavy atom. The van der Waals surface area contributed by atoms with Crippen molar-refractivity contribution in [3.8, 4) is 0 Å². The van der Waals surface area contributed by atoms with Crippen molar-refractivity contribution in [1.82, 2.24) is 10.2 Å². The van der Waals surface area contributed by atoms with Crippen molar-refractivity contribution in [3.63, 3.8) is 0 Å². The van der Waals surface area contributed by atoms with Crippen LogP contribution in [0.25, 0.3) is 0 Å². The van der Waals surface area contributed by atoms with Gasteiger partial charge in [0.2, 0.25) is 5.91 Å². The van der Waals surface area contributed by atoms with E-state index in [0.29, 0.717) is 0 Å². The Balaban J connectivity index is 1.92. The van der Waals surface area contributed by atoms with Gasteiger partial charge in [0.1, 0.15) is 5.82 Å². The molecule has 1 saturated heterocycles. The lowest BCUT2D eigenvalue weighted by atomic mass is 9.86. The smallest absolute Gasteiger partial charge is 0.234 e. The van der Waals surface area contributed by atoms with E-state index >= 15 is 0 Å². The number of rotatable bonds is 3. The van der Waals surface area contributed by atoms with Crippen molar-refractivity contribution in [1.29, 1.82) is 0 Å². The molecule has 4 rings (SSSR count). The molecule has 0 radical (unpaired) electrons. The largest absolute Gasteiger partial charge is 0.330 e. The van der Waals surface area contributed by atoms with Crippen LogP contribution in [0.2, 0.25) is 0 Å². The number of carbonyl (C=O) groups excluding carboxylic acids is 1. The molecule has 0 spiro atoms. The topological polar surface area (TPSA) is 32.3 Å². The van der Waals surface area contributed by atoms with Gasteiger partial charge in [0.15, 0.2) is 0 Å². The number of nitrogens with one attached hydrogen (secondary N) is 1. The zero-order chi connectivity index (χ0) is 18.3. The number of alkyl halides is 1. The molecule has 0 aromatic heterocycles. The van der Waals surface area contributed by atoms with Gasteiger partial charge in [0.05, 0.1) is 11.4 Å². The van der Waals surface area contributed by atoms with E-state index in [-0.39, 0.29) is 35.1 Å². The molecule has 0 bridgehead atoms. The highest BCUT2D eigenvalue weighted by Crippen LogP contribution is 2.51. The molecule has 3 nitrogen and oxygen atoms in total. The quantitative estimate of drug-likeness (QED) is 0.772. The van der Waals surface area contributed by atoms with E-state index in [9.17, 15) is 9.18 Å². The Labute approximate surface area is 161 Å². The maximum absolute atomic E-state index is 14.1. The van der Waals surface area contributed by atoms with Crippen LogP contribution in [0.5, 0.6) is 0 Å². The molecule has 0 unspecified atom stereocenters. The highest BCUT2D eigenvalue weighted by molar-refractivity contribution is 9.09. The number of carbonyl (C=O) groups is 1. The van der Waals surface area contributed by atoms with E-state index in [1.807, 2.05) is 18.0 Å². The summed E-state index contributed by atoms with van der Waals surface area (Å²) < 4.78 is 14.1. The van der Waals surface area contributed by atoms with Crippen LogP contribution >= 0.6 is 15.9 Å². The summed E-state index contributed by atoms with van der Waals surface area (Å²) in [6.45, 7) is 0.735. The average Bonchev–Trinajstić information content (AvgIpc) is 2.96. The summed E-state index contributed by atoms with van der Waals surface area (Å²) in [6, 6.07) is 13.5. The van der Waals surface area contributed by atoms with E-state index in [2.05, 4.69) is 45.5 Å². The fourth-order valence-electron chi connectivity index (χ4n) is 4.73. The fourth-order valence-corrected chi connectivity index (χ4v) is 5.02. The molecule has 5 heteroatoms. The van der Waals surface area contributed by atoms with Gasteiger partial charge in [-0.15, -0.1) is 0 Å². The second-order valence-electron chi connectivity index (χ2n) is 7.15. The van der Waals surface area contributed by atoms with Crippen LogP contribution in [0.15, 0.2) is 42.5 Å². The second-order valence-corrected chi connectivity index (χ2v) is 7.71. The van der Waals surface area contributed by atoms with Gasteiger partial charge < -0.3 is 10.2 Å². The molecule has 3 atom stereocenters. The summed E-state index contributed by atoms with van der Waals surface area (Å²) in [5, 5.41) is 3.50. The minimum Gasteiger partial charge on any atom is -0.330 e. The lowest BCUT2D eigenvalue weighted by molar-refractivity contribution is -0.131. The molecule has 1 aliphatic carbocycles. The molecule has 2 aliphatic rings. The number of halogens is 2. The third kappa shape index (κ3) is 2.87. The van der Waals surface area contributed by atoms with Crippen LogP contribution in [0.1, 0.15) is 40.6 Å². The first-order valence-corrected chi connectivity index (χ1v) is 10.1. The Morgan fingerprint density at radius 2 is 2.00 bits per heavy atom. The van der Waals surface area contributed by atoms with Crippen molar-refractivity contribution < 1.29 is 9.18 Å². The first-order chi connectivity index (χ1) is 12.6. The molecule has 2 aromatic carbocycles. The minimum atomic E-state index is -0.239. The SMILES string of the molecule is CNC[C@H]1C[C@@H]2c3ccccc3Cc3ccc(F)cc3[C@H]2N1C(=O)CBr. The summed E-state index contributed by atoms with van der Waals surface area (Å²) in [5.74, 6) is 0.0136. The average molecular weight is 417 g/mol. The zero-order valence-corrected chi connectivity index (χ0v) is 16.3. The number of hydrogen-bond acceptors (Lipinski definition) is 2. The standard InChI is InChI=1S/C21H22BrFN2O/c1-24-12-16-10-19-17-5-3-2-4-13(17)8-14-6-7-15(23)9-18(14)21(19)25(16)20(26)11-22/h2-7,9,16,19,21,24H,8,10-12H2,1H3/t16-,19-,21-/m1/s1. The number of nitrogens with zero attached hydrogens (tertiary/aromatic N) is 1. The number of likely N-dealkylation sites (tertiary alicyclic amines) is 1. The number of fused-ring (bicyclic) bond motifs is 5. The van der Waals surface area contributed by atoms with E-state index in [1.54, 1.807) is 6.07 Å². The summed E-state index contributed by atoms with van der Waals surface area (Å²) in [4.78, 5) is 14.8. The van der Waals surface area contributed by atoms with Gasteiger partial charge in [-0.3, -0.25) is 4.79 Å². The van der Waals surface area contributed by atoms with Gasteiger partial charge in [-0.1, -0.05) is 46.3 Å². The van der Waals surface area contributed by atoms with Crippen molar-refractivity contribution in [2.75, 3.05) is 18.9 Å². The van der Waals surface area contributed by atoms with Crippen LogP contribution in [0.3, 0.4) is 0 Å². The number of benzene rings is 2. The van der Waals surface area contributed by atoms with Crippen LogP contribution < -0.4 is 5.32 Å². The minimum absolute atomic E-state index is 0.0624. The van der Waals surface area contributed by atoms with Crippen LogP contribution in [-0.2, 0) is 11.2 Å². The molecule has 1 amide bonds. The van der Waals surface area contributed by atoms with E-state index < -0.39 is 0 Å². The predicted octanol–water partition coefficient (Wildman–Crippen LogP) is 3.77. The predicted molar refractivity (Wildman–Crippen MR) is 104 cm³/mol. The first kappa shape index (κ1) is 17.7. The van der Waals surface area contributed by atoms with Crippen LogP contribution in [0, 0.1) is 5.82 Å². The highest BCUT2D eigenvalue weighted by Gasteiger charge is 2.46. The molecular weight excluding hydrogens is 395 g/mol. The highest BCUT2D eigenvalue weighted by atomic mass is 79.9. The van der Waals surface area contributed by atoms with Crippen molar-refractivity contribution in [2.24, 2.45) is 0 Å². The maximum atomic E-state index is 14.1. The molecule has 2 aromatic rings. The monoisotopic (exact) mass is 416 g/mol. The molecule has 1 aliphatic heterocycles. The third-order valence-corrected chi connectivity index (χ3v) is 6.18. The molecular formula is C21H22BrFN2O. The summed E-state index contributed by atoms with van der Waals surface area (Å²) in [6.07, 6.45) is 1.67. The van der Waals surface area contributed by atoms with Gasteiger partial charge in [0, 0.05) is 18.5 Å². The number of likely N-dealkylation sites (N-methyl/N-ethyl adjacent to an activating group) is 1. The second kappa shape index (κ2) is 7.12. The van der Waals surface area contributed by atoms with Gasteiger partial charge >= 0.3 is 0 Å². The lowest BCUT2D eigenvalue weighted by Crippen LogP contribution is -2.43. The van der Waals surface area contributed by atoms with Gasteiger partial charge in [-0.2, -0.15) is 0 Å². The zero-order valence-electron chi connectivity index (χ0n) is 14.7. The normalized spacial score (nSPS) is 23.8. The Bertz CT molecular complexity index is 841. The molecule has 1 N–H and O–H groups in total. The van der Waals surface area contributed by atoms with Crippen LogP contribution in [-0.4, -0.2) is 35.8 Å². The summed E-state index contributed by atoms with van der Waals surface area (Å²) >= 11 is 3.34. The van der Waals surface area contributed by atoms with E-state index in [1.165, 1.54) is 17.2 Å². The van der Waals surface area contributed by atoms with E-state index in [4.69, 9.17) is 0 Å². The molecule has 26 heavy (non-hydrogen) atoms. The number of amides is 1. The van der Waals surface area contributed by atoms with Gasteiger partial charge in [-0.25, -0.2) is 4.39 Å². The van der Waals surface area contributed by atoms with Crippen LogP contribution in [0.4, 0.5) is 4.39 Å². The third-order valence-electron chi connectivity index (χ3n) is 5.70. The number of hydrogen-bond donors (Lipinski definition) is 1. The molecule has 0 saturated carbocycles. The summed E-state index contributed by atoms with van der Waals surface area (Å²) in [7, 11) is 1.91. The fraction of sp³-hybridized carbons (Fsp3) is 0.381. The Kier molecular flexibility index (Phi) is 4.84. The maximum Gasteiger partial charge on any atom is 0.234 e. The molecule has 1 fully saturated rings. The lowest BCUT2D eigenvalue weighted by Gasteiger charge is -2.32. The first-order valence-electron chi connectivity index (χ1n) is 9.02. The molecule has 1 heterocycles. The van der Waals surface area contributed by atoms with Gasteiger partial charge in [0.25, 0.3) is 0 Å². The Morgan fingerprint density at radius 3 is 2.77 bits per heavy atom. The van der Waals surface area contributed by atoms with Crippen molar-refractivity contribution in [3.05, 3.63) is 70.5 Å². The van der Waals surface area contributed by atoms with Crippen molar-refractivity contribution in [2.45, 2.75) is 30.8 Å². The van der Waals surface area contributed by atoms with E-state index in [0.717, 1.165) is 30.5 Å².